The Morgan fingerprint density at radius 1 is 1.21 bits per heavy atom. The number of carbonyl (C=O) groups is 1. The van der Waals surface area contributed by atoms with E-state index in [4.69, 9.17) is 10.2 Å². The minimum absolute atomic E-state index is 0.262. The molecular formula is C14H11N3O2. The zero-order valence-corrected chi connectivity index (χ0v) is 9.96. The number of carbonyl (C=O) groups excluding carboxylic acids is 1. The van der Waals surface area contributed by atoms with E-state index < -0.39 is 0 Å². The number of rotatable bonds is 2. The predicted molar refractivity (Wildman–Crippen MR) is 72.8 cm³/mol. The molecule has 1 aromatic carbocycles. The standard InChI is InChI=1S/C14H11N3O2/c15-13-6-5-10(8-16-13)17-14(18)12-7-9-3-1-2-4-11(9)19-12/h1-8H,(H2,15,16)(H,17,18). The van der Waals surface area contributed by atoms with Gasteiger partial charge in [-0.25, -0.2) is 4.98 Å². The number of para-hydroxylation sites is 1. The maximum absolute atomic E-state index is 12.0. The first-order chi connectivity index (χ1) is 9.22. The fourth-order valence-electron chi connectivity index (χ4n) is 1.77. The molecular weight excluding hydrogens is 242 g/mol. The first kappa shape index (κ1) is 11.3. The number of nitrogens with one attached hydrogen (secondary N) is 1. The third-order valence-corrected chi connectivity index (χ3v) is 2.69. The van der Waals surface area contributed by atoms with Gasteiger partial charge in [0, 0.05) is 5.39 Å². The van der Waals surface area contributed by atoms with E-state index in [1.807, 2.05) is 24.3 Å². The predicted octanol–water partition coefficient (Wildman–Crippen LogP) is 2.66. The maximum atomic E-state index is 12.0. The second-order valence-corrected chi connectivity index (χ2v) is 4.07. The monoisotopic (exact) mass is 253 g/mol. The summed E-state index contributed by atoms with van der Waals surface area (Å²) in [4.78, 5) is 15.9. The number of pyridine rings is 1. The van der Waals surface area contributed by atoms with Crippen LogP contribution in [0.25, 0.3) is 11.0 Å². The van der Waals surface area contributed by atoms with E-state index in [-0.39, 0.29) is 11.7 Å². The van der Waals surface area contributed by atoms with Crippen molar-refractivity contribution in [3.8, 4) is 0 Å². The summed E-state index contributed by atoms with van der Waals surface area (Å²) >= 11 is 0. The van der Waals surface area contributed by atoms with Gasteiger partial charge in [-0.1, -0.05) is 18.2 Å². The molecule has 0 aliphatic rings. The van der Waals surface area contributed by atoms with Gasteiger partial charge in [-0.05, 0) is 24.3 Å². The van der Waals surface area contributed by atoms with E-state index in [0.29, 0.717) is 17.1 Å². The number of nitrogen functional groups attached to an aromatic ring is 1. The van der Waals surface area contributed by atoms with E-state index in [1.54, 1.807) is 18.2 Å². The fraction of sp³-hybridized carbons (Fsp3) is 0. The van der Waals surface area contributed by atoms with Gasteiger partial charge in [0.1, 0.15) is 11.4 Å². The van der Waals surface area contributed by atoms with Gasteiger partial charge in [0.05, 0.1) is 11.9 Å². The number of aromatic nitrogens is 1. The number of furan rings is 1. The third-order valence-electron chi connectivity index (χ3n) is 2.69. The minimum Gasteiger partial charge on any atom is -0.451 e. The zero-order valence-electron chi connectivity index (χ0n) is 9.96. The molecule has 2 heterocycles. The van der Waals surface area contributed by atoms with Crippen LogP contribution in [0.3, 0.4) is 0 Å². The van der Waals surface area contributed by atoms with Crippen LogP contribution in [0, 0.1) is 0 Å². The summed E-state index contributed by atoms with van der Waals surface area (Å²) in [7, 11) is 0. The van der Waals surface area contributed by atoms with Crippen LogP contribution < -0.4 is 11.1 Å². The number of fused-ring (bicyclic) bond motifs is 1. The second kappa shape index (κ2) is 4.45. The van der Waals surface area contributed by atoms with E-state index in [9.17, 15) is 4.79 Å². The first-order valence-electron chi connectivity index (χ1n) is 5.74. The maximum Gasteiger partial charge on any atom is 0.291 e. The van der Waals surface area contributed by atoms with Crippen LogP contribution in [0.5, 0.6) is 0 Å². The van der Waals surface area contributed by atoms with Crippen molar-refractivity contribution in [2.75, 3.05) is 11.1 Å². The van der Waals surface area contributed by atoms with Crippen molar-refractivity contribution in [3.05, 3.63) is 54.4 Å². The molecule has 19 heavy (non-hydrogen) atoms. The van der Waals surface area contributed by atoms with Crippen molar-refractivity contribution >= 4 is 28.4 Å². The van der Waals surface area contributed by atoms with Gasteiger partial charge in [-0.3, -0.25) is 4.79 Å². The highest BCUT2D eigenvalue weighted by molar-refractivity contribution is 6.04. The van der Waals surface area contributed by atoms with Crippen molar-refractivity contribution in [1.82, 2.24) is 4.98 Å². The zero-order chi connectivity index (χ0) is 13.2. The van der Waals surface area contributed by atoms with Crippen molar-refractivity contribution in [1.29, 1.82) is 0 Å². The van der Waals surface area contributed by atoms with Crippen LogP contribution in [0.15, 0.2) is 53.1 Å². The summed E-state index contributed by atoms with van der Waals surface area (Å²) in [5.41, 5.74) is 6.73. The van der Waals surface area contributed by atoms with Gasteiger partial charge in [-0.2, -0.15) is 0 Å². The Labute approximate surface area is 109 Å². The average molecular weight is 253 g/mol. The molecule has 0 saturated carbocycles. The molecule has 0 radical (unpaired) electrons. The van der Waals surface area contributed by atoms with Gasteiger partial charge in [-0.15, -0.1) is 0 Å². The van der Waals surface area contributed by atoms with Crippen LogP contribution in [-0.4, -0.2) is 10.9 Å². The van der Waals surface area contributed by atoms with Gasteiger partial charge in [0.25, 0.3) is 5.91 Å². The molecule has 0 saturated heterocycles. The molecule has 0 atom stereocenters. The fourth-order valence-corrected chi connectivity index (χ4v) is 1.77. The van der Waals surface area contributed by atoms with Crippen LogP contribution in [0.4, 0.5) is 11.5 Å². The minimum atomic E-state index is -0.317. The molecule has 5 nitrogen and oxygen atoms in total. The lowest BCUT2D eigenvalue weighted by atomic mass is 10.2. The summed E-state index contributed by atoms with van der Waals surface area (Å²) in [5.74, 6) is 0.350. The molecule has 0 fully saturated rings. The first-order valence-corrected chi connectivity index (χ1v) is 5.74. The summed E-state index contributed by atoms with van der Waals surface area (Å²) in [5, 5.41) is 3.59. The number of benzene rings is 1. The highest BCUT2D eigenvalue weighted by Gasteiger charge is 2.12. The molecule has 0 aliphatic heterocycles. The SMILES string of the molecule is Nc1ccc(NC(=O)c2cc3ccccc3o2)cn1. The van der Waals surface area contributed by atoms with Gasteiger partial charge < -0.3 is 15.5 Å². The summed E-state index contributed by atoms with van der Waals surface area (Å²) < 4.78 is 5.47. The number of amides is 1. The molecule has 1 amide bonds. The smallest absolute Gasteiger partial charge is 0.291 e. The highest BCUT2D eigenvalue weighted by Crippen LogP contribution is 2.19. The second-order valence-electron chi connectivity index (χ2n) is 4.07. The molecule has 0 bridgehead atoms. The lowest BCUT2D eigenvalue weighted by Crippen LogP contribution is -2.11. The molecule has 2 aromatic heterocycles. The molecule has 0 spiro atoms. The Bertz CT molecular complexity index is 699. The van der Waals surface area contributed by atoms with Crippen molar-refractivity contribution in [3.63, 3.8) is 0 Å². The average Bonchev–Trinajstić information content (AvgIpc) is 2.85. The highest BCUT2D eigenvalue weighted by atomic mass is 16.3. The molecule has 0 aliphatic carbocycles. The number of nitrogens with zero attached hydrogens (tertiary/aromatic N) is 1. The van der Waals surface area contributed by atoms with Gasteiger partial charge >= 0.3 is 0 Å². The molecule has 94 valence electrons. The molecule has 3 aromatic rings. The Hall–Kier alpha value is -2.82. The van der Waals surface area contributed by atoms with Gasteiger partial charge in [0.15, 0.2) is 5.76 Å². The summed E-state index contributed by atoms with van der Waals surface area (Å²) in [6.07, 6.45) is 1.50. The van der Waals surface area contributed by atoms with Crippen LogP contribution >= 0.6 is 0 Å². The Kier molecular flexibility index (Phi) is 2.64. The van der Waals surface area contributed by atoms with E-state index >= 15 is 0 Å². The third kappa shape index (κ3) is 2.26. The molecule has 5 heteroatoms. The topological polar surface area (TPSA) is 81.1 Å². The van der Waals surface area contributed by atoms with Crippen molar-refractivity contribution in [2.45, 2.75) is 0 Å². The van der Waals surface area contributed by atoms with E-state index in [1.165, 1.54) is 6.20 Å². The van der Waals surface area contributed by atoms with Crippen LogP contribution in [0.1, 0.15) is 10.6 Å². The van der Waals surface area contributed by atoms with Crippen molar-refractivity contribution in [2.24, 2.45) is 0 Å². The number of nitrogens with two attached hydrogens (primary N) is 1. The number of hydrogen-bond donors (Lipinski definition) is 2. The lowest BCUT2D eigenvalue weighted by Gasteiger charge is -2.02. The molecule has 3 rings (SSSR count). The lowest BCUT2D eigenvalue weighted by molar-refractivity contribution is 0.0998. The van der Waals surface area contributed by atoms with E-state index in [2.05, 4.69) is 10.3 Å². The van der Waals surface area contributed by atoms with E-state index in [0.717, 1.165) is 5.39 Å². The van der Waals surface area contributed by atoms with Crippen LogP contribution in [-0.2, 0) is 0 Å². The largest absolute Gasteiger partial charge is 0.451 e. The van der Waals surface area contributed by atoms with Crippen molar-refractivity contribution < 1.29 is 9.21 Å². The summed E-state index contributed by atoms with van der Waals surface area (Å²) in [6.45, 7) is 0. The quantitative estimate of drug-likeness (QED) is 0.735. The summed E-state index contributed by atoms with van der Waals surface area (Å²) in [6, 6.07) is 12.5. The number of hydrogen-bond acceptors (Lipinski definition) is 4. The number of anilines is 2. The Morgan fingerprint density at radius 2 is 2.05 bits per heavy atom. The Balaban J connectivity index is 1.85. The van der Waals surface area contributed by atoms with Crippen LogP contribution in [0.2, 0.25) is 0 Å². The molecule has 0 unspecified atom stereocenters. The normalized spacial score (nSPS) is 10.5. The van der Waals surface area contributed by atoms with Gasteiger partial charge in [0.2, 0.25) is 0 Å². The Morgan fingerprint density at radius 3 is 2.79 bits per heavy atom. The molecule has 3 N–H and O–H groups in total.